The number of rotatable bonds is 3. The summed E-state index contributed by atoms with van der Waals surface area (Å²) in [6, 6.07) is 7.36. The van der Waals surface area contributed by atoms with Gasteiger partial charge in [0.05, 0.1) is 6.07 Å². The normalized spacial score (nSPS) is 10.3. The molecule has 0 radical (unpaired) electrons. The molecule has 5 nitrogen and oxygen atoms in total. The summed E-state index contributed by atoms with van der Waals surface area (Å²) in [7, 11) is 1.69. The van der Waals surface area contributed by atoms with Crippen LogP contribution in [0.25, 0.3) is 11.1 Å². The van der Waals surface area contributed by atoms with Crippen molar-refractivity contribution < 1.29 is 9.21 Å². The molecule has 0 bridgehead atoms. The highest BCUT2D eigenvalue weighted by molar-refractivity contribution is 5.94. The average molecular weight is 243 g/mol. The smallest absolute Gasteiger partial charge is 0.227 e. The number of hydrogen-bond acceptors (Lipinski definition) is 4. The van der Waals surface area contributed by atoms with Crippen molar-refractivity contribution in [2.45, 2.75) is 19.8 Å². The summed E-state index contributed by atoms with van der Waals surface area (Å²) >= 11 is 0. The van der Waals surface area contributed by atoms with Crippen LogP contribution in [0.1, 0.15) is 18.7 Å². The van der Waals surface area contributed by atoms with Crippen LogP contribution in [0.15, 0.2) is 22.6 Å². The minimum atomic E-state index is -0.0869. The Morgan fingerprint density at radius 2 is 2.33 bits per heavy atom. The molecular formula is C13H13N3O2. The summed E-state index contributed by atoms with van der Waals surface area (Å²) in [6.45, 7) is 1.78. The number of benzene rings is 1. The third-order valence-corrected chi connectivity index (χ3v) is 2.69. The van der Waals surface area contributed by atoms with Gasteiger partial charge in [0, 0.05) is 32.5 Å². The van der Waals surface area contributed by atoms with Gasteiger partial charge in [-0.2, -0.15) is 5.26 Å². The molecule has 18 heavy (non-hydrogen) atoms. The lowest BCUT2D eigenvalue weighted by Gasteiger charge is -2.16. The summed E-state index contributed by atoms with van der Waals surface area (Å²) in [5.41, 5.74) is 2.18. The number of carbonyl (C=O) groups is 1. The van der Waals surface area contributed by atoms with Crippen LogP contribution >= 0.6 is 0 Å². The van der Waals surface area contributed by atoms with E-state index in [0.29, 0.717) is 11.5 Å². The van der Waals surface area contributed by atoms with E-state index < -0.39 is 0 Å². The fraction of sp³-hybridized carbons (Fsp3) is 0.308. The van der Waals surface area contributed by atoms with Crippen LogP contribution in [0.4, 0.5) is 5.69 Å². The van der Waals surface area contributed by atoms with E-state index >= 15 is 0 Å². The van der Waals surface area contributed by atoms with Crippen molar-refractivity contribution in [2.24, 2.45) is 0 Å². The number of anilines is 1. The van der Waals surface area contributed by atoms with Gasteiger partial charge in [0.1, 0.15) is 5.52 Å². The molecule has 0 saturated heterocycles. The molecular weight excluding hydrogens is 230 g/mol. The zero-order valence-corrected chi connectivity index (χ0v) is 10.3. The lowest BCUT2D eigenvalue weighted by atomic mass is 10.2. The quantitative estimate of drug-likeness (QED) is 0.829. The van der Waals surface area contributed by atoms with E-state index in [-0.39, 0.29) is 18.7 Å². The molecule has 0 unspecified atom stereocenters. The van der Waals surface area contributed by atoms with E-state index in [4.69, 9.17) is 9.68 Å². The predicted octanol–water partition coefficient (Wildman–Crippen LogP) is 2.40. The fourth-order valence-corrected chi connectivity index (χ4v) is 1.71. The maximum Gasteiger partial charge on any atom is 0.227 e. The van der Waals surface area contributed by atoms with E-state index in [1.54, 1.807) is 32.2 Å². The minimum absolute atomic E-state index is 0.0869. The highest BCUT2D eigenvalue weighted by Crippen LogP contribution is 2.22. The maximum atomic E-state index is 11.8. The lowest BCUT2D eigenvalue weighted by molar-refractivity contribution is -0.118. The predicted molar refractivity (Wildman–Crippen MR) is 67.0 cm³/mol. The average Bonchev–Trinajstić information content (AvgIpc) is 2.73. The topological polar surface area (TPSA) is 70.1 Å². The molecule has 0 aliphatic rings. The molecule has 2 aromatic rings. The van der Waals surface area contributed by atoms with E-state index in [9.17, 15) is 4.79 Å². The number of amides is 1. The summed E-state index contributed by atoms with van der Waals surface area (Å²) < 4.78 is 5.37. The van der Waals surface area contributed by atoms with E-state index in [1.165, 1.54) is 4.90 Å². The number of fused-ring (bicyclic) bond motifs is 1. The van der Waals surface area contributed by atoms with Crippen molar-refractivity contribution in [3.05, 3.63) is 24.1 Å². The van der Waals surface area contributed by atoms with Crippen LogP contribution in [0.2, 0.25) is 0 Å². The number of nitrogens with zero attached hydrogens (tertiary/aromatic N) is 3. The zero-order chi connectivity index (χ0) is 13.1. The highest BCUT2D eigenvalue weighted by atomic mass is 16.3. The SMILES string of the molecule is Cc1nc2cc(N(C)C(=O)CCC#N)ccc2o1. The number of hydrogen-bond donors (Lipinski definition) is 0. The van der Waals surface area contributed by atoms with Crippen molar-refractivity contribution in [3.63, 3.8) is 0 Å². The minimum Gasteiger partial charge on any atom is -0.441 e. The molecule has 0 aliphatic carbocycles. The Kier molecular flexibility index (Phi) is 3.28. The Morgan fingerprint density at radius 3 is 3.06 bits per heavy atom. The van der Waals surface area contributed by atoms with Gasteiger partial charge >= 0.3 is 0 Å². The standard InChI is InChI=1S/C13H13N3O2/c1-9-15-11-8-10(5-6-12(11)18-9)16(2)13(17)4-3-7-14/h5-6,8H,3-4H2,1-2H3. The van der Waals surface area contributed by atoms with Crippen LogP contribution in [0, 0.1) is 18.3 Å². The maximum absolute atomic E-state index is 11.8. The molecule has 92 valence electrons. The van der Waals surface area contributed by atoms with E-state index in [0.717, 1.165) is 11.2 Å². The van der Waals surface area contributed by atoms with Crippen LogP contribution < -0.4 is 4.90 Å². The van der Waals surface area contributed by atoms with E-state index in [2.05, 4.69) is 4.98 Å². The summed E-state index contributed by atoms with van der Waals surface area (Å²) in [5.74, 6) is 0.511. The molecule has 0 fully saturated rings. The van der Waals surface area contributed by atoms with Crippen LogP contribution in [-0.4, -0.2) is 17.9 Å². The second-order valence-electron chi connectivity index (χ2n) is 4.00. The van der Waals surface area contributed by atoms with Crippen molar-refractivity contribution in [1.82, 2.24) is 4.98 Å². The van der Waals surface area contributed by atoms with Crippen LogP contribution in [0.3, 0.4) is 0 Å². The van der Waals surface area contributed by atoms with Crippen molar-refractivity contribution in [3.8, 4) is 6.07 Å². The number of nitriles is 1. The van der Waals surface area contributed by atoms with Gasteiger partial charge in [0.15, 0.2) is 11.5 Å². The lowest BCUT2D eigenvalue weighted by Crippen LogP contribution is -2.25. The van der Waals surface area contributed by atoms with Gasteiger partial charge < -0.3 is 9.32 Å². The summed E-state index contributed by atoms with van der Waals surface area (Å²) in [5, 5.41) is 8.47. The summed E-state index contributed by atoms with van der Waals surface area (Å²) in [6.07, 6.45) is 0.456. The van der Waals surface area contributed by atoms with Gasteiger partial charge in [-0.15, -0.1) is 0 Å². The second kappa shape index (κ2) is 4.88. The molecule has 0 N–H and O–H groups in total. The van der Waals surface area contributed by atoms with Crippen LogP contribution in [-0.2, 0) is 4.79 Å². The first-order valence-electron chi connectivity index (χ1n) is 5.62. The monoisotopic (exact) mass is 243 g/mol. The first-order chi connectivity index (χ1) is 8.61. The van der Waals surface area contributed by atoms with Gasteiger partial charge in [-0.25, -0.2) is 4.98 Å². The Labute approximate surface area is 105 Å². The first kappa shape index (κ1) is 12.1. The van der Waals surface area contributed by atoms with Crippen LogP contribution in [0.5, 0.6) is 0 Å². The van der Waals surface area contributed by atoms with Crippen molar-refractivity contribution in [1.29, 1.82) is 5.26 Å². The van der Waals surface area contributed by atoms with Crippen molar-refractivity contribution >= 4 is 22.7 Å². The van der Waals surface area contributed by atoms with E-state index in [1.807, 2.05) is 6.07 Å². The first-order valence-corrected chi connectivity index (χ1v) is 5.62. The molecule has 1 aromatic heterocycles. The molecule has 1 heterocycles. The zero-order valence-electron chi connectivity index (χ0n) is 10.3. The molecule has 1 amide bonds. The van der Waals surface area contributed by atoms with Crippen molar-refractivity contribution in [2.75, 3.05) is 11.9 Å². The molecule has 0 aliphatic heterocycles. The number of aryl methyl sites for hydroxylation is 1. The molecule has 0 atom stereocenters. The molecule has 5 heteroatoms. The number of oxazole rings is 1. The molecule has 0 spiro atoms. The summed E-state index contributed by atoms with van der Waals surface area (Å²) in [4.78, 5) is 17.5. The Balaban J connectivity index is 2.25. The van der Waals surface area contributed by atoms with Gasteiger partial charge in [0.25, 0.3) is 0 Å². The second-order valence-corrected chi connectivity index (χ2v) is 4.00. The van der Waals surface area contributed by atoms with Gasteiger partial charge in [0.2, 0.25) is 5.91 Å². The Hall–Kier alpha value is -2.35. The largest absolute Gasteiger partial charge is 0.441 e. The van der Waals surface area contributed by atoms with Gasteiger partial charge in [-0.05, 0) is 18.2 Å². The third kappa shape index (κ3) is 2.33. The Bertz CT molecular complexity index is 625. The molecule has 1 aromatic carbocycles. The number of carbonyl (C=O) groups excluding carboxylic acids is 1. The molecule has 0 saturated carbocycles. The third-order valence-electron chi connectivity index (χ3n) is 2.69. The highest BCUT2D eigenvalue weighted by Gasteiger charge is 2.12. The Morgan fingerprint density at radius 1 is 1.56 bits per heavy atom. The number of aromatic nitrogens is 1. The van der Waals surface area contributed by atoms with Gasteiger partial charge in [-0.3, -0.25) is 4.79 Å². The molecule has 2 rings (SSSR count). The van der Waals surface area contributed by atoms with Gasteiger partial charge in [-0.1, -0.05) is 0 Å². The fourth-order valence-electron chi connectivity index (χ4n) is 1.71.